The van der Waals surface area contributed by atoms with Crippen molar-refractivity contribution in [2.45, 2.75) is 13.1 Å². The van der Waals surface area contributed by atoms with Gasteiger partial charge in [0.15, 0.2) is 0 Å². The fraction of sp³-hybridized carbons (Fsp3) is 0.154. The molecule has 3 N–H and O–H groups in total. The molecule has 0 spiro atoms. The Morgan fingerprint density at radius 2 is 1.90 bits per heavy atom. The first kappa shape index (κ1) is 14.5. The van der Waals surface area contributed by atoms with Crippen molar-refractivity contribution in [1.82, 2.24) is 4.98 Å². The van der Waals surface area contributed by atoms with Crippen LogP contribution in [0.4, 0.5) is 30.5 Å². The highest BCUT2D eigenvalue weighted by atomic mass is 35.5. The molecule has 1 aromatic carbocycles. The predicted octanol–water partition coefficient (Wildman–Crippen LogP) is 4.39. The van der Waals surface area contributed by atoms with Crippen LogP contribution < -0.4 is 11.1 Å². The lowest BCUT2D eigenvalue weighted by atomic mass is 10.2. The highest BCUT2D eigenvalue weighted by Gasteiger charge is 2.31. The lowest BCUT2D eigenvalue weighted by molar-refractivity contribution is -0.137. The van der Waals surface area contributed by atoms with Crippen molar-refractivity contribution < 1.29 is 13.2 Å². The number of hydrogen-bond donors (Lipinski definition) is 2. The van der Waals surface area contributed by atoms with E-state index in [0.29, 0.717) is 10.7 Å². The first-order valence-electron chi connectivity index (χ1n) is 5.63. The second kappa shape index (κ2) is 5.20. The Balaban J connectivity index is 2.36. The summed E-state index contributed by atoms with van der Waals surface area (Å²) in [5, 5.41) is 3.12. The Bertz CT molecular complexity index is 641. The first-order valence-corrected chi connectivity index (χ1v) is 6.01. The summed E-state index contributed by atoms with van der Waals surface area (Å²) in [5.74, 6) is -0.228. The summed E-state index contributed by atoms with van der Waals surface area (Å²) in [7, 11) is 0. The molecular formula is C13H11ClF3N3. The normalized spacial score (nSPS) is 11.4. The predicted molar refractivity (Wildman–Crippen MR) is 73.1 cm³/mol. The Hall–Kier alpha value is -1.95. The van der Waals surface area contributed by atoms with Crippen LogP contribution in [0.3, 0.4) is 0 Å². The molecule has 1 heterocycles. The molecule has 0 saturated carbocycles. The van der Waals surface area contributed by atoms with Crippen molar-refractivity contribution >= 4 is 28.9 Å². The van der Waals surface area contributed by atoms with E-state index < -0.39 is 11.7 Å². The SMILES string of the molecule is Cc1ccc(Nc2cc(C(F)(F)F)cc(N)n2)c(Cl)c1. The number of pyridine rings is 1. The molecule has 3 nitrogen and oxygen atoms in total. The van der Waals surface area contributed by atoms with Crippen LogP contribution in [0.1, 0.15) is 11.1 Å². The molecular weight excluding hydrogens is 291 g/mol. The number of nitrogens with zero attached hydrogens (tertiary/aromatic N) is 1. The number of hydrogen-bond acceptors (Lipinski definition) is 3. The number of nitrogens with one attached hydrogen (secondary N) is 1. The summed E-state index contributed by atoms with van der Waals surface area (Å²) in [5.41, 5.74) is 5.93. The number of rotatable bonds is 2. The zero-order valence-corrected chi connectivity index (χ0v) is 11.2. The molecule has 20 heavy (non-hydrogen) atoms. The standard InChI is InChI=1S/C13H11ClF3N3/c1-7-2-3-10(9(14)4-7)19-12-6-8(13(15,16)17)5-11(18)20-12/h2-6H,1H3,(H3,18,19,20). The third-order valence-corrected chi connectivity index (χ3v) is 2.87. The Morgan fingerprint density at radius 1 is 1.20 bits per heavy atom. The van der Waals surface area contributed by atoms with Crippen LogP contribution >= 0.6 is 11.6 Å². The van der Waals surface area contributed by atoms with Gasteiger partial charge in [-0.2, -0.15) is 13.2 Å². The zero-order valence-electron chi connectivity index (χ0n) is 10.4. The van der Waals surface area contributed by atoms with Gasteiger partial charge in [0.25, 0.3) is 0 Å². The highest BCUT2D eigenvalue weighted by Crippen LogP contribution is 2.33. The van der Waals surface area contributed by atoms with Gasteiger partial charge in [-0.05, 0) is 36.8 Å². The second-order valence-electron chi connectivity index (χ2n) is 4.27. The molecule has 0 fully saturated rings. The van der Waals surface area contributed by atoms with Crippen LogP contribution in [0.15, 0.2) is 30.3 Å². The molecule has 7 heteroatoms. The summed E-state index contributed by atoms with van der Waals surface area (Å²) in [6.45, 7) is 1.86. The van der Waals surface area contributed by atoms with Gasteiger partial charge < -0.3 is 11.1 Å². The van der Waals surface area contributed by atoms with Crippen LogP contribution in [0.25, 0.3) is 0 Å². The van der Waals surface area contributed by atoms with Crippen molar-refractivity contribution in [3.8, 4) is 0 Å². The van der Waals surface area contributed by atoms with Crippen molar-refractivity contribution in [1.29, 1.82) is 0 Å². The molecule has 0 bridgehead atoms. The summed E-state index contributed by atoms with van der Waals surface area (Å²) in [6, 6.07) is 6.80. The van der Waals surface area contributed by atoms with E-state index in [4.69, 9.17) is 17.3 Å². The fourth-order valence-corrected chi connectivity index (χ4v) is 1.92. The van der Waals surface area contributed by atoms with E-state index in [9.17, 15) is 13.2 Å². The van der Waals surface area contributed by atoms with Crippen LogP contribution in [0, 0.1) is 6.92 Å². The molecule has 0 unspecified atom stereocenters. The third kappa shape index (κ3) is 3.33. The van der Waals surface area contributed by atoms with Gasteiger partial charge in [0, 0.05) is 0 Å². The van der Waals surface area contributed by atoms with Crippen molar-refractivity contribution in [2.75, 3.05) is 11.1 Å². The molecule has 0 radical (unpaired) electrons. The van der Waals surface area contributed by atoms with Crippen LogP contribution in [0.2, 0.25) is 5.02 Å². The molecule has 1 aromatic heterocycles. The first-order chi connectivity index (χ1) is 9.25. The van der Waals surface area contributed by atoms with Gasteiger partial charge >= 0.3 is 6.18 Å². The van der Waals surface area contributed by atoms with E-state index in [1.165, 1.54) is 0 Å². The molecule has 2 aromatic rings. The van der Waals surface area contributed by atoms with E-state index in [0.717, 1.165) is 17.7 Å². The van der Waals surface area contributed by atoms with Crippen LogP contribution in [-0.2, 0) is 6.18 Å². The Morgan fingerprint density at radius 3 is 2.50 bits per heavy atom. The number of halogens is 4. The van der Waals surface area contributed by atoms with Gasteiger partial charge in [-0.25, -0.2) is 4.98 Å². The molecule has 0 saturated heterocycles. The van der Waals surface area contributed by atoms with Gasteiger partial charge in [0.05, 0.1) is 16.3 Å². The van der Waals surface area contributed by atoms with Crippen LogP contribution in [-0.4, -0.2) is 4.98 Å². The molecule has 0 atom stereocenters. The topological polar surface area (TPSA) is 50.9 Å². The lowest BCUT2D eigenvalue weighted by Crippen LogP contribution is -2.08. The average molecular weight is 302 g/mol. The average Bonchev–Trinajstić information content (AvgIpc) is 2.31. The monoisotopic (exact) mass is 301 g/mol. The smallest absolute Gasteiger partial charge is 0.384 e. The van der Waals surface area contributed by atoms with E-state index in [1.54, 1.807) is 18.2 Å². The maximum absolute atomic E-state index is 12.7. The minimum atomic E-state index is -4.48. The van der Waals surface area contributed by atoms with E-state index in [2.05, 4.69) is 10.3 Å². The van der Waals surface area contributed by atoms with E-state index >= 15 is 0 Å². The molecule has 0 aliphatic rings. The second-order valence-corrected chi connectivity index (χ2v) is 4.68. The van der Waals surface area contributed by atoms with Crippen molar-refractivity contribution in [3.63, 3.8) is 0 Å². The quantitative estimate of drug-likeness (QED) is 0.865. The number of aryl methyl sites for hydroxylation is 1. The Kier molecular flexibility index (Phi) is 3.76. The number of alkyl halides is 3. The minimum Gasteiger partial charge on any atom is -0.384 e. The number of nitrogen functional groups attached to an aromatic ring is 1. The molecule has 2 rings (SSSR count). The summed E-state index contributed by atoms with van der Waals surface area (Å²) < 4.78 is 38.0. The summed E-state index contributed by atoms with van der Waals surface area (Å²) >= 11 is 6.01. The molecule has 0 aliphatic heterocycles. The zero-order chi connectivity index (χ0) is 14.9. The molecule has 0 amide bonds. The summed E-state index contributed by atoms with van der Waals surface area (Å²) in [4.78, 5) is 3.81. The van der Waals surface area contributed by atoms with Gasteiger partial charge in [-0.15, -0.1) is 0 Å². The van der Waals surface area contributed by atoms with E-state index in [1.807, 2.05) is 6.92 Å². The third-order valence-electron chi connectivity index (χ3n) is 2.56. The van der Waals surface area contributed by atoms with Gasteiger partial charge in [0.1, 0.15) is 11.6 Å². The molecule has 106 valence electrons. The largest absolute Gasteiger partial charge is 0.416 e. The highest BCUT2D eigenvalue weighted by molar-refractivity contribution is 6.33. The summed E-state index contributed by atoms with van der Waals surface area (Å²) in [6.07, 6.45) is -4.48. The number of nitrogens with two attached hydrogens (primary N) is 1. The fourth-order valence-electron chi connectivity index (χ4n) is 1.64. The van der Waals surface area contributed by atoms with Gasteiger partial charge in [0.2, 0.25) is 0 Å². The maximum Gasteiger partial charge on any atom is 0.416 e. The van der Waals surface area contributed by atoms with Gasteiger partial charge in [-0.1, -0.05) is 17.7 Å². The lowest BCUT2D eigenvalue weighted by Gasteiger charge is -2.12. The van der Waals surface area contributed by atoms with Crippen molar-refractivity contribution in [2.24, 2.45) is 0 Å². The number of benzene rings is 1. The van der Waals surface area contributed by atoms with E-state index in [-0.39, 0.29) is 11.6 Å². The number of aromatic nitrogens is 1. The van der Waals surface area contributed by atoms with Crippen LogP contribution in [0.5, 0.6) is 0 Å². The Labute approximate surface area is 118 Å². The number of anilines is 3. The van der Waals surface area contributed by atoms with Crippen molar-refractivity contribution in [3.05, 3.63) is 46.5 Å². The molecule has 0 aliphatic carbocycles. The minimum absolute atomic E-state index is 0.0110. The van der Waals surface area contributed by atoms with Gasteiger partial charge in [-0.3, -0.25) is 0 Å². The maximum atomic E-state index is 12.7.